The number of carbonyl (C=O) groups excluding carboxylic acids is 1. The summed E-state index contributed by atoms with van der Waals surface area (Å²) in [5.41, 5.74) is 0.589. The van der Waals surface area contributed by atoms with E-state index in [-0.39, 0.29) is 5.91 Å². The molecule has 3 rings (SSSR count). The summed E-state index contributed by atoms with van der Waals surface area (Å²) < 4.78 is 0. The first-order valence-corrected chi connectivity index (χ1v) is 4.99. The predicted octanol–water partition coefficient (Wildman–Crippen LogP) is -1.22. The average Bonchev–Trinajstić information content (AvgIpc) is 2.29. The van der Waals surface area contributed by atoms with Crippen LogP contribution in [0.25, 0.3) is 0 Å². The highest BCUT2D eigenvalue weighted by Gasteiger charge is 2.50. The van der Waals surface area contributed by atoms with Crippen LogP contribution in [0.2, 0.25) is 0 Å². The standard InChI is InChI=1S/C9H15N3O/c13-8-1-7(2-11-8)12-5-9(6-12)3-10-4-9/h7,10H,1-6H2,(H,11,13). The fraction of sp³-hybridized carbons (Fsp3) is 0.889. The molecule has 1 amide bonds. The van der Waals surface area contributed by atoms with Crippen LogP contribution in [-0.2, 0) is 4.79 Å². The van der Waals surface area contributed by atoms with E-state index in [0.29, 0.717) is 17.9 Å². The Balaban J connectivity index is 1.55. The molecule has 0 saturated carbocycles. The minimum Gasteiger partial charge on any atom is -0.354 e. The number of rotatable bonds is 1. The Kier molecular flexibility index (Phi) is 1.46. The topological polar surface area (TPSA) is 44.4 Å². The number of hydrogen-bond donors (Lipinski definition) is 2. The van der Waals surface area contributed by atoms with Crippen LogP contribution in [0.4, 0.5) is 0 Å². The Labute approximate surface area is 77.7 Å². The maximum atomic E-state index is 11.0. The maximum absolute atomic E-state index is 11.0. The monoisotopic (exact) mass is 181 g/mol. The van der Waals surface area contributed by atoms with Gasteiger partial charge in [0, 0.05) is 50.6 Å². The molecular formula is C9H15N3O. The van der Waals surface area contributed by atoms with E-state index in [0.717, 1.165) is 6.54 Å². The Hall–Kier alpha value is -0.610. The van der Waals surface area contributed by atoms with Crippen LogP contribution in [0, 0.1) is 5.41 Å². The number of carbonyl (C=O) groups is 1. The zero-order valence-corrected chi connectivity index (χ0v) is 7.68. The summed E-state index contributed by atoms with van der Waals surface area (Å²) in [4.78, 5) is 13.4. The molecule has 0 aromatic carbocycles. The third kappa shape index (κ3) is 1.09. The van der Waals surface area contributed by atoms with Crippen molar-refractivity contribution in [2.24, 2.45) is 5.41 Å². The van der Waals surface area contributed by atoms with Crippen LogP contribution in [0.3, 0.4) is 0 Å². The van der Waals surface area contributed by atoms with Gasteiger partial charge in [-0.15, -0.1) is 0 Å². The highest BCUT2D eigenvalue weighted by molar-refractivity contribution is 5.78. The molecule has 4 nitrogen and oxygen atoms in total. The van der Waals surface area contributed by atoms with Crippen molar-refractivity contribution in [2.75, 3.05) is 32.7 Å². The predicted molar refractivity (Wildman–Crippen MR) is 48.3 cm³/mol. The van der Waals surface area contributed by atoms with Crippen molar-refractivity contribution in [1.82, 2.24) is 15.5 Å². The van der Waals surface area contributed by atoms with Crippen molar-refractivity contribution in [1.29, 1.82) is 0 Å². The maximum Gasteiger partial charge on any atom is 0.221 e. The molecule has 0 aromatic rings. The van der Waals surface area contributed by atoms with Crippen LogP contribution in [-0.4, -0.2) is 49.6 Å². The zero-order chi connectivity index (χ0) is 8.89. The van der Waals surface area contributed by atoms with Gasteiger partial charge in [0.25, 0.3) is 0 Å². The second-order valence-electron chi connectivity index (χ2n) is 4.67. The van der Waals surface area contributed by atoms with Crippen molar-refractivity contribution in [3.05, 3.63) is 0 Å². The third-order valence-corrected chi connectivity index (χ3v) is 3.55. The summed E-state index contributed by atoms with van der Waals surface area (Å²) in [5.74, 6) is 0.220. The lowest BCUT2D eigenvalue weighted by Gasteiger charge is -2.57. The first kappa shape index (κ1) is 7.76. The fourth-order valence-electron chi connectivity index (χ4n) is 2.62. The van der Waals surface area contributed by atoms with Crippen LogP contribution >= 0.6 is 0 Å². The molecular weight excluding hydrogens is 166 g/mol. The van der Waals surface area contributed by atoms with E-state index < -0.39 is 0 Å². The molecule has 72 valence electrons. The first-order chi connectivity index (χ1) is 6.27. The SMILES string of the molecule is O=C1CC(N2CC3(CNC3)C2)CN1. The summed E-state index contributed by atoms with van der Waals surface area (Å²) in [6, 6.07) is 0.485. The van der Waals surface area contributed by atoms with Gasteiger partial charge >= 0.3 is 0 Å². The van der Waals surface area contributed by atoms with Crippen molar-refractivity contribution < 1.29 is 4.79 Å². The first-order valence-electron chi connectivity index (χ1n) is 4.99. The van der Waals surface area contributed by atoms with Gasteiger partial charge in [-0.2, -0.15) is 0 Å². The molecule has 0 aromatic heterocycles. The van der Waals surface area contributed by atoms with Gasteiger partial charge in [0.15, 0.2) is 0 Å². The lowest BCUT2D eigenvalue weighted by molar-refractivity contribution is -0.120. The second kappa shape index (κ2) is 2.45. The summed E-state index contributed by atoms with van der Waals surface area (Å²) in [6.45, 7) is 5.61. The lowest BCUT2D eigenvalue weighted by atomic mass is 9.73. The van der Waals surface area contributed by atoms with Crippen molar-refractivity contribution in [2.45, 2.75) is 12.5 Å². The number of amides is 1. The van der Waals surface area contributed by atoms with Gasteiger partial charge in [0.1, 0.15) is 0 Å². The zero-order valence-electron chi connectivity index (χ0n) is 7.68. The van der Waals surface area contributed by atoms with E-state index in [1.165, 1.54) is 26.2 Å². The molecule has 3 saturated heterocycles. The van der Waals surface area contributed by atoms with E-state index >= 15 is 0 Å². The lowest BCUT2D eigenvalue weighted by Crippen LogP contribution is -2.72. The summed E-state index contributed by atoms with van der Waals surface area (Å²) in [6.07, 6.45) is 0.712. The van der Waals surface area contributed by atoms with Crippen LogP contribution in [0.1, 0.15) is 6.42 Å². The molecule has 3 aliphatic rings. The van der Waals surface area contributed by atoms with E-state index in [9.17, 15) is 4.79 Å². The minimum absolute atomic E-state index is 0.220. The number of likely N-dealkylation sites (tertiary alicyclic amines) is 1. The fourth-order valence-corrected chi connectivity index (χ4v) is 2.62. The number of nitrogens with one attached hydrogen (secondary N) is 2. The van der Waals surface area contributed by atoms with Gasteiger partial charge in [-0.05, 0) is 0 Å². The second-order valence-corrected chi connectivity index (χ2v) is 4.67. The molecule has 0 bridgehead atoms. The van der Waals surface area contributed by atoms with Gasteiger partial charge in [0.05, 0.1) is 0 Å². The minimum atomic E-state index is 0.220. The number of hydrogen-bond acceptors (Lipinski definition) is 3. The average molecular weight is 181 g/mol. The van der Waals surface area contributed by atoms with E-state index in [2.05, 4.69) is 15.5 Å². The Morgan fingerprint density at radius 1 is 1.38 bits per heavy atom. The molecule has 1 spiro atoms. The molecule has 3 fully saturated rings. The van der Waals surface area contributed by atoms with Gasteiger partial charge in [-0.3, -0.25) is 9.69 Å². The van der Waals surface area contributed by atoms with Gasteiger partial charge in [-0.1, -0.05) is 0 Å². The Morgan fingerprint density at radius 2 is 2.15 bits per heavy atom. The quantitative estimate of drug-likeness (QED) is 0.533. The van der Waals surface area contributed by atoms with Crippen molar-refractivity contribution >= 4 is 5.91 Å². The summed E-state index contributed by atoms with van der Waals surface area (Å²) in [5, 5.41) is 6.20. The smallest absolute Gasteiger partial charge is 0.221 e. The van der Waals surface area contributed by atoms with Gasteiger partial charge in [-0.25, -0.2) is 0 Å². The van der Waals surface area contributed by atoms with Crippen LogP contribution < -0.4 is 10.6 Å². The van der Waals surface area contributed by atoms with Gasteiger partial charge in [0.2, 0.25) is 5.91 Å². The molecule has 1 atom stereocenters. The molecule has 0 aliphatic carbocycles. The van der Waals surface area contributed by atoms with E-state index in [4.69, 9.17) is 0 Å². The summed E-state index contributed by atoms with van der Waals surface area (Å²) in [7, 11) is 0. The largest absolute Gasteiger partial charge is 0.354 e. The molecule has 3 aliphatic heterocycles. The molecule has 2 N–H and O–H groups in total. The summed E-state index contributed by atoms with van der Waals surface area (Å²) >= 11 is 0. The molecule has 4 heteroatoms. The van der Waals surface area contributed by atoms with Gasteiger partial charge < -0.3 is 10.6 Å². The molecule has 3 heterocycles. The highest BCUT2D eigenvalue weighted by Crippen LogP contribution is 2.36. The van der Waals surface area contributed by atoms with Crippen molar-refractivity contribution in [3.8, 4) is 0 Å². The highest BCUT2D eigenvalue weighted by atomic mass is 16.1. The molecule has 1 unspecified atom stereocenters. The Bertz CT molecular complexity index is 241. The van der Waals surface area contributed by atoms with E-state index in [1.807, 2.05) is 0 Å². The number of nitrogens with zero attached hydrogens (tertiary/aromatic N) is 1. The van der Waals surface area contributed by atoms with Crippen LogP contribution in [0.5, 0.6) is 0 Å². The molecule has 0 radical (unpaired) electrons. The Morgan fingerprint density at radius 3 is 2.62 bits per heavy atom. The molecule has 13 heavy (non-hydrogen) atoms. The normalized spacial score (nSPS) is 36.9. The third-order valence-electron chi connectivity index (χ3n) is 3.55. The van der Waals surface area contributed by atoms with Crippen LogP contribution in [0.15, 0.2) is 0 Å². The van der Waals surface area contributed by atoms with Crippen molar-refractivity contribution in [3.63, 3.8) is 0 Å². The van der Waals surface area contributed by atoms with E-state index in [1.54, 1.807) is 0 Å².